The number of hydrogen-bond acceptors (Lipinski definition) is 3. The van der Waals surface area contributed by atoms with Gasteiger partial charge < -0.3 is 5.11 Å². The van der Waals surface area contributed by atoms with Crippen molar-refractivity contribution in [2.75, 3.05) is 0 Å². The van der Waals surface area contributed by atoms with Gasteiger partial charge >= 0.3 is 0 Å². The smallest absolute Gasteiger partial charge is 0.269 e. The summed E-state index contributed by atoms with van der Waals surface area (Å²) in [4.78, 5) is 9.52. The molecule has 4 nitrogen and oxygen atoms in total. The predicted molar refractivity (Wildman–Crippen MR) is 46.1 cm³/mol. The lowest BCUT2D eigenvalue weighted by molar-refractivity contribution is -0.384. The summed E-state index contributed by atoms with van der Waals surface area (Å²) in [5, 5.41) is 18.8. The SMILES string of the molecule is O=[N+]([O-])c1ccc(O)cc1.[SiH4]. The van der Waals surface area contributed by atoms with Crippen LogP contribution < -0.4 is 0 Å². The van der Waals surface area contributed by atoms with Crippen molar-refractivity contribution in [2.45, 2.75) is 0 Å². The molecule has 0 aliphatic heterocycles. The minimum Gasteiger partial charge on any atom is -0.508 e. The molecule has 5 heteroatoms. The van der Waals surface area contributed by atoms with Crippen LogP contribution in [0, 0.1) is 10.1 Å². The molecular formula is C6H9NO3Si. The van der Waals surface area contributed by atoms with Crippen LogP contribution >= 0.6 is 0 Å². The predicted octanol–water partition coefficient (Wildman–Crippen LogP) is -0.151. The zero-order valence-corrected chi connectivity index (χ0v) is 5.02. The second kappa shape index (κ2) is 3.72. The van der Waals surface area contributed by atoms with Crippen LogP contribution in [0.5, 0.6) is 5.75 Å². The van der Waals surface area contributed by atoms with Gasteiger partial charge in [-0.15, -0.1) is 0 Å². The molecule has 0 amide bonds. The molecule has 11 heavy (non-hydrogen) atoms. The third kappa shape index (κ3) is 2.38. The maximum absolute atomic E-state index is 10.0. The maximum Gasteiger partial charge on any atom is 0.269 e. The van der Waals surface area contributed by atoms with Crippen molar-refractivity contribution in [3.05, 3.63) is 34.4 Å². The number of aromatic hydroxyl groups is 1. The Bertz CT molecular complexity index is 247. The van der Waals surface area contributed by atoms with E-state index in [1.54, 1.807) is 0 Å². The van der Waals surface area contributed by atoms with Gasteiger partial charge in [0.1, 0.15) is 5.75 Å². The molecule has 0 atom stereocenters. The molecule has 1 rings (SSSR count). The maximum atomic E-state index is 10.0. The Morgan fingerprint density at radius 3 is 2.09 bits per heavy atom. The number of hydrogen-bond donors (Lipinski definition) is 1. The second-order valence-corrected chi connectivity index (χ2v) is 1.77. The Morgan fingerprint density at radius 2 is 1.73 bits per heavy atom. The van der Waals surface area contributed by atoms with Crippen molar-refractivity contribution in [3.8, 4) is 5.75 Å². The third-order valence-electron chi connectivity index (χ3n) is 1.06. The molecule has 0 aliphatic rings. The first kappa shape index (κ1) is 9.64. The molecule has 1 N–H and O–H groups in total. The van der Waals surface area contributed by atoms with E-state index in [0.29, 0.717) is 0 Å². The topological polar surface area (TPSA) is 63.4 Å². The Morgan fingerprint density at radius 1 is 1.27 bits per heavy atom. The minimum absolute atomic E-state index is 0. The van der Waals surface area contributed by atoms with E-state index >= 15 is 0 Å². The Hall–Kier alpha value is -1.36. The van der Waals surface area contributed by atoms with Crippen molar-refractivity contribution in [3.63, 3.8) is 0 Å². The van der Waals surface area contributed by atoms with E-state index in [1.165, 1.54) is 24.3 Å². The number of phenols is 1. The van der Waals surface area contributed by atoms with Crippen LogP contribution in [-0.4, -0.2) is 21.0 Å². The summed E-state index contributed by atoms with van der Waals surface area (Å²) in [5.74, 6) is 0.0330. The van der Waals surface area contributed by atoms with E-state index in [2.05, 4.69) is 0 Å². The molecule has 0 heterocycles. The van der Waals surface area contributed by atoms with Gasteiger partial charge in [0.15, 0.2) is 0 Å². The van der Waals surface area contributed by atoms with Crippen LogP contribution in [0.3, 0.4) is 0 Å². The average molecular weight is 171 g/mol. The summed E-state index contributed by atoms with van der Waals surface area (Å²) < 4.78 is 0. The summed E-state index contributed by atoms with van der Waals surface area (Å²) in [6.07, 6.45) is 0. The number of non-ortho nitro benzene ring substituents is 1. The van der Waals surface area contributed by atoms with Crippen molar-refractivity contribution in [2.24, 2.45) is 0 Å². The number of rotatable bonds is 1. The molecule has 60 valence electrons. The summed E-state index contributed by atoms with van der Waals surface area (Å²) in [7, 11) is 0. The van der Waals surface area contributed by atoms with Crippen molar-refractivity contribution in [1.82, 2.24) is 0 Å². The zero-order chi connectivity index (χ0) is 7.56. The lowest BCUT2D eigenvalue weighted by atomic mass is 10.3. The summed E-state index contributed by atoms with van der Waals surface area (Å²) in [5.41, 5.74) is -0.0159. The highest BCUT2D eigenvalue weighted by Gasteiger charge is 2.01. The van der Waals surface area contributed by atoms with Crippen molar-refractivity contribution < 1.29 is 10.0 Å². The lowest BCUT2D eigenvalue weighted by Crippen LogP contribution is -1.85. The summed E-state index contributed by atoms with van der Waals surface area (Å²) in [6.45, 7) is 0. The molecular weight excluding hydrogens is 162 g/mol. The van der Waals surface area contributed by atoms with Gasteiger partial charge in [-0.2, -0.15) is 0 Å². The van der Waals surface area contributed by atoms with E-state index in [9.17, 15) is 10.1 Å². The Labute approximate surface area is 67.7 Å². The van der Waals surface area contributed by atoms with Gasteiger partial charge in [0, 0.05) is 12.1 Å². The number of phenolic OH excluding ortho intramolecular Hbond substituents is 1. The first-order chi connectivity index (χ1) is 4.70. The number of nitro groups is 1. The van der Waals surface area contributed by atoms with E-state index in [-0.39, 0.29) is 22.4 Å². The van der Waals surface area contributed by atoms with Gasteiger partial charge in [-0.05, 0) is 23.1 Å². The number of nitrogens with zero attached hydrogens (tertiary/aromatic N) is 1. The second-order valence-electron chi connectivity index (χ2n) is 1.77. The molecule has 0 radical (unpaired) electrons. The fraction of sp³-hybridized carbons (Fsp3) is 0. The highest BCUT2D eigenvalue weighted by atomic mass is 28.1. The fourth-order valence-electron chi connectivity index (χ4n) is 0.574. The van der Waals surface area contributed by atoms with Gasteiger partial charge in [0.25, 0.3) is 5.69 Å². The molecule has 0 aliphatic carbocycles. The van der Waals surface area contributed by atoms with Gasteiger partial charge in [-0.1, -0.05) is 0 Å². The molecule has 0 bridgehead atoms. The highest BCUT2D eigenvalue weighted by molar-refractivity contribution is 5.75. The Balaban J connectivity index is 0.000001000. The number of nitro benzene ring substituents is 1. The largest absolute Gasteiger partial charge is 0.508 e. The normalized spacial score (nSPS) is 8.36. The van der Waals surface area contributed by atoms with E-state index in [4.69, 9.17) is 5.11 Å². The van der Waals surface area contributed by atoms with Crippen molar-refractivity contribution >= 4 is 16.7 Å². The monoisotopic (exact) mass is 171 g/mol. The molecule has 0 spiro atoms. The first-order valence-electron chi connectivity index (χ1n) is 2.63. The summed E-state index contributed by atoms with van der Waals surface area (Å²) >= 11 is 0. The van der Waals surface area contributed by atoms with Gasteiger partial charge in [-0.25, -0.2) is 0 Å². The minimum atomic E-state index is -0.514. The van der Waals surface area contributed by atoms with Crippen molar-refractivity contribution in [1.29, 1.82) is 0 Å². The number of benzene rings is 1. The Kier molecular flexibility index (Phi) is 3.26. The molecule has 0 unspecified atom stereocenters. The molecule has 0 saturated carbocycles. The van der Waals surface area contributed by atoms with Gasteiger partial charge in [0.2, 0.25) is 0 Å². The molecule has 0 saturated heterocycles. The highest BCUT2D eigenvalue weighted by Crippen LogP contribution is 2.14. The van der Waals surface area contributed by atoms with E-state index < -0.39 is 4.92 Å². The lowest BCUT2D eigenvalue weighted by Gasteiger charge is -1.89. The summed E-state index contributed by atoms with van der Waals surface area (Å²) in [6, 6.07) is 5.04. The first-order valence-corrected chi connectivity index (χ1v) is 2.63. The van der Waals surface area contributed by atoms with E-state index in [1.807, 2.05) is 0 Å². The van der Waals surface area contributed by atoms with E-state index in [0.717, 1.165) is 0 Å². The molecule has 0 aromatic heterocycles. The van der Waals surface area contributed by atoms with Gasteiger partial charge in [0.05, 0.1) is 4.92 Å². The molecule has 1 aromatic carbocycles. The third-order valence-corrected chi connectivity index (χ3v) is 1.06. The van der Waals surface area contributed by atoms with Crippen LogP contribution in [0.1, 0.15) is 0 Å². The van der Waals surface area contributed by atoms with Crippen LogP contribution in [0.4, 0.5) is 5.69 Å². The fourth-order valence-corrected chi connectivity index (χ4v) is 0.574. The molecule has 0 fully saturated rings. The van der Waals surface area contributed by atoms with Crippen LogP contribution in [0.2, 0.25) is 0 Å². The van der Waals surface area contributed by atoms with Crippen LogP contribution in [0.25, 0.3) is 0 Å². The zero-order valence-electron chi connectivity index (χ0n) is 5.02. The molecule has 1 aromatic rings. The van der Waals surface area contributed by atoms with Gasteiger partial charge in [-0.3, -0.25) is 10.1 Å². The van der Waals surface area contributed by atoms with Crippen LogP contribution in [-0.2, 0) is 0 Å². The quantitative estimate of drug-likeness (QED) is 0.363. The van der Waals surface area contributed by atoms with Crippen LogP contribution in [0.15, 0.2) is 24.3 Å². The standard InChI is InChI=1S/C6H5NO3.H4Si/c8-6-3-1-5(2-4-6)7(9)10;/h1-4,8H;1H4. The average Bonchev–Trinajstić information content (AvgIpc) is 1.88.